The molecule has 110 valence electrons. The second kappa shape index (κ2) is 7.29. The van der Waals surface area contributed by atoms with Gasteiger partial charge in [-0.3, -0.25) is 4.79 Å². The number of hydrogen-bond acceptors (Lipinski definition) is 3. The van der Waals surface area contributed by atoms with Crippen LogP contribution in [0.1, 0.15) is 22.7 Å². The molecule has 2 rings (SSSR count). The van der Waals surface area contributed by atoms with Crippen molar-refractivity contribution >= 4 is 18.5 Å². The zero-order chi connectivity index (χ0) is 15.2. The van der Waals surface area contributed by atoms with E-state index in [1.807, 2.05) is 61.5 Å². The molecule has 0 heterocycles. The molecule has 0 fully saturated rings. The van der Waals surface area contributed by atoms with Gasteiger partial charge in [-0.25, -0.2) is 0 Å². The Bertz CT molecular complexity index is 583. The van der Waals surface area contributed by atoms with Gasteiger partial charge in [-0.2, -0.15) is 12.6 Å². The summed E-state index contributed by atoms with van der Waals surface area (Å²) in [5, 5.41) is 3.01. The summed E-state index contributed by atoms with van der Waals surface area (Å²) in [6.45, 7) is 2.04. The molecule has 2 aromatic carbocycles. The predicted molar refractivity (Wildman–Crippen MR) is 89.4 cm³/mol. The van der Waals surface area contributed by atoms with Crippen molar-refractivity contribution in [1.82, 2.24) is 5.32 Å². The van der Waals surface area contributed by atoms with Crippen LogP contribution in [-0.2, 0) is 4.79 Å². The first kappa shape index (κ1) is 15.6. The summed E-state index contributed by atoms with van der Waals surface area (Å²) in [4.78, 5) is 12.1. The molecule has 2 atom stereocenters. The Kier molecular flexibility index (Phi) is 5.42. The van der Waals surface area contributed by atoms with E-state index in [1.165, 1.54) is 5.56 Å². The van der Waals surface area contributed by atoms with Crippen molar-refractivity contribution < 1.29 is 4.79 Å². The van der Waals surface area contributed by atoms with Crippen LogP contribution in [0.15, 0.2) is 54.6 Å². The van der Waals surface area contributed by atoms with Crippen molar-refractivity contribution in [2.75, 3.05) is 5.75 Å². The average Bonchev–Trinajstić information content (AvgIpc) is 2.53. The van der Waals surface area contributed by atoms with E-state index in [4.69, 9.17) is 5.73 Å². The molecule has 0 aliphatic carbocycles. The Morgan fingerprint density at radius 1 is 1.10 bits per heavy atom. The standard InChI is InChI=1S/C17H20N2OS/c1-12-7-9-14(10-8-12)16(13-5-3-2-4-6-13)19-17(20)15(18)11-21/h2-10,15-16,21H,11,18H2,1H3,(H,19,20)/t15-,16?/m0/s1. The summed E-state index contributed by atoms with van der Waals surface area (Å²) in [5.41, 5.74) is 9.00. The van der Waals surface area contributed by atoms with Gasteiger partial charge in [-0.05, 0) is 18.1 Å². The molecule has 1 unspecified atom stereocenters. The number of nitrogens with one attached hydrogen (secondary N) is 1. The lowest BCUT2D eigenvalue weighted by molar-refractivity contribution is -0.122. The highest BCUT2D eigenvalue weighted by Crippen LogP contribution is 2.22. The number of rotatable bonds is 5. The average molecular weight is 300 g/mol. The molecule has 0 radical (unpaired) electrons. The van der Waals surface area contributed by atoms with E-state index in [-0.39, 0.29) is 11.9 Å². The molecule has 2 aromatic rings. The molecule has 0 spiro atoms. The minimum atomic E-state index is -0.606. The van der Waals surface area contributed by atoms with E-state index >= 15 is 0 Å². The Hall–Kier alpha value is -1.78. The number of amides is 1. The van der Waals surface area contributed by atoms with Gasteiger partial charge in [0.25, 0.3) is 0 Å². The fraction of sp³-hybridized carbons (Fsp3) is 0.235. The van der Waals surface area contributed by atoms with Crippen molar-refractivity contribution in [2.24, 2.45) is 5.73 Å². The van der Waals surface area contributed by atoms with Gasteiger partial charge < -0.3 is 11.1 Å². The topological polar surface area (TPSA) is 55.1 Å². The summed E-state index contributed by atoms with van der Waals surface area (Å²) in [6.07, 6.45) is 0. The van der Waals surface area contributed by atoms with Crippen molar-refractivity contribution in [3.05, 3.63) is 71.3 Å². The second-order valence-electron chi connectivity index (χ2n) is 5.05. The van der Waals surface area contributed by atoms with Crippen molar-refractivity contribution in [3.8, 4) is 0 Å². The Labute approximate surface area is 131 Å². The summed E-state index contributed by atoms with van der Waals surface area (Å²) < 4.78 is 0. The lowest BCUT2D eigenvalue weighted by Gasteiger charge is -2.21. The van der Waals surface area contributed by atoms with Crippen molar-refractivity contribution in [3.63, 3.8) is 0 Å². The van der Waals surface area contributed by atoms with Gasteiger partial charge >= 0.3 is 0 Å². The highest BCUT2D eigenvalue weighted by molar-refractivity contribution is 7.80. The van der Waals surface area contributed by atoms with E-state index in [2.05, 4.69) is 17.9 Å². The minimum Gasteiger partial charge on any atom is -0.344 e. The first-order valence-electron chi connectivity index (χ1n) is 6.90. The van der Waals surface area contributed by atoms with Crippen LogP contribution in [0.3, 0.4) is 0 Å². The summed E-state index contributed by atoms with van der Waals surface area (Å²) >= 11 is 4.08. The second-order valence-corrected chi connectivity index (χ2v) is 5.42. The summed E-state index contributed by atoms with van der Waals surface area (Å²) in [6, 6.07) is 17.2. The van der Waals surface area contributed by atoms with E-state index < -0.39 is 6.04 Å². The SMILES string of the molecule is Cc1ccc(C(NC(=O)[C@@H](N)CS)c2ccccc2)cc1. The molecule has 1 amide bonds. The van der Waals surface area contributed by atoms with Crippen LogP contribution >= 0.6 is 12.6 Å². The molecule has 21 heavy (non-hydrogen) atoms. The maximum absolute atomic E-state index is 12.1. The van der Waals surface area contributed by atoms with Crippen molar-refractivity contribution in [2.45, 2.75) is 19.0 Å². The fourth-order valence-corrected chi connectivity index (χ4v) is 2.26. The molecule has 3 nitrogen and oxygen atoms in total. The van der Waals surface area contributed by atoms with Crippen LogP contribution in [0, 0.1) is 6.92 Å². The molecule has 4 heteroatoms. The normalized spacial score (nSPS) is 13.5. The first-order valence-corrected chi connectivity index (χ1v) is 7.53. The molecule has 0 aromatic heterocycles. The maximum Gasteiger partial charge on any atom is 0.238 e. The third-order valence-electron chi connectivity index (χ3n) is 3.36. The Balaban J connectivity index is 2.31. The molecular weight excluding hydrogens is 280 g/mol. The monoisotopic (exact) mass is 300 g/mol. The van der Waals surface area contributed by atoms with Gasteiger partial charge in [0.05, 0.1) is 12.1 Å². The number of thiol groups is 1. The minimum absolute atomic E-state index is 0.195. The van der Waals surface area contributed by atoms with Crippen molar-refractivity contribution in [1.29, 1.82) is 0 Å². The van der Waals surface area contributed by atoms with Crippen LogP contribution in [-0.4, -0.2) is 17.7 Å². The smallest absolute Gasteiger partial charge is 0.238 e. The zero-order valence-electron chi connectivity index (χ0n) is 12.0. The van der Waals surface area contributed by atoms with Crippen LogP contribution in [0.25, 0.3) is 0 Å². The van der Waals surface area contributed by atoms with E-state index in [0.29, 0.717) is 5.75 Å². The third-order valence-corrected chi connectivity index (χ3v) is 3.76. The van der Waals surface area contributed by atoms with Crippen LogP contribution in [0.4, 0.5) is 0 Å². The number of aryl methyl sites for hydroxylation is 1. The molecule has 0 aliphatic rings. The molecular formula is C17H20N2OS. The number of carbonyl (C=O) groups is 1. The summed E-state index contributed by atoms with van der Waals surface area (Å²) in [7, 11) is 0. The van der Waals surface area contributed by atoms with E-state index in [0.717, 1.165) is 11.1 Å². The van der Waals surface area contributed by atoms with Gasteiger partial charge in [0.15, 0.2) is 0 Å². The van der Waals surface area contributed by atoms with Crippen LogP contribution in [0.5, 0.6) is 0 Å². The van der Waals surface area contributed by atoms with Crippen LogP contribution in [0.2, 0.25) is 0 Å². The largest absolute Gasteiger partial charge is 0.344 e. The highest BCUT2D eigenvalue weighted by atomic mass is 32.1. The third kappa shape index (κ3) is 4.09. The molecule has 0 aliphatic heterocycles. The van der Waals surface area contributed by atoms with Crippen LogP contribution < -0.4 is 11.1 Å². The maximum atomic E-state index is 12.1. The van der Waals surface area contributed by atoms with E-state index in [1.54, 1.807) is 0 Å². The lowest BCUT2D eigenvalue weighted by Crippen LogP contribution is -2.43. The zero-order valence-corrected chi connectivity index (χ0v) is 12.9. The number of benzene rings is 2. The molecule has 0 saturated carbocycles. The predicted octanol–water partition coefficient (Wildman–Crippen LogP) is 2.46. The molecule has 0 bridgehead atoms. The lowest BCUT2D eigenvalue weighted by atomic mass is 9.97. The molecule has 0 saturated heterocycles. The quantitative estimate of drug-likeness (QED) is 0.743. The molecule has 3 N–H and O–H groups in total. The number of hydrogen-bond donors (Lipinski definition) is 3. The Morgan fingerprint density at radius 2 is 1.67 bits per heavy atom. The van der Waals surface area contributed by atoms with Gasteiger partial charge in [0.2, 0.25) is 5.91 Å². The van der Waals surface area contributed by atoms with Gasteiger partial charge in [-0.15, -0.1) is 0 Å². The van der Waals surface area contributed by atoms with E-state index in [9.17, 15) is 4.79 Å². The number of carbonyl (C=O) groups excluding carboxylic acids is 1. The van der Waals surface area contributed by atoms with Gasteiger partial charge in [-0.1, -0.05) is 60.2 Å². The fourth-order valence-electron chi connectivity index (χ4n) is 2.10. The van der Waals surface area contributed by atoms with Gasteiger partial charge in [0, 0.05) is 5.75 Å². The highest BCUT2D eigenvalue weighted by Gasteiger charge is 2.19. The van der Waals surface area contributed by atoms with Gasteiger partial charge in [0.1, 0.15) is 0 Å². The first-order chi connectivity index (χ1) is 10.1. The number of nitrogens with two attached hydrogens (primary N) is 1. The summed E-state index contributed by atoms with van der Waals surface area (Å²) in [5.74, 6) is 0.126. The Morgan fingerprint density at radius 3 is 2.24 bits per heavy atom.